The number of H-pyrrole nitrogens is 1. The molecule has 1 aromatic heterocycles. The van der Waals surface area contributed by atoms with Gasteiger partial charge in [-0.2, -0.15) is 5.10 Å². The molecule has 0 radical (unpaired) electrons. The molecule has 2 aromatic carbocycles. The third-order valence-corrected chi connectivity index (χ3v) is 9.06. The molecule has 3 aromatic rings. The fourth-order valence-electron chi connectivity index (χ4n) is 4.12. The van der Waals surface area contributed by atoms with Crippen LogP contribution in [0.5, 0.6) is 0 Å². The normalized spacial score (nSPS) is 25.8. The number of hydrogen-bond donors (Lipinski definition) is 1. The number of quaternary nitrogens is 1. The lowest BCUT2D eigenvalue weighted by Gasteiger charge is -2.47. The molecule has 1 N–H and O–H groups in total. The number of benzene rings is 2. The van der Waals surface area contributed by atoms with Crippen LogP contribution in [0.15, 0.2) is 41.2 Å². The van der Waals surface area contributed by atoms with Crippen molar-refractivity contribution in [2.24, 2.45) is 0 Å². The van der Waals surface area contributed by atoms with Gasteiger partial charge < -0.3 is 9.85 Å². The van der Waals surface area contributed by atoms with E-state index in [0.29, 0.717) is 13.1 Å². The molecule has 5 rings (SSSR count). The molecule has 1 saturated carbocycles. The monoisotopic (exact) mass is 431 g/mol. The molecule has 0 amide bonds. The molecule has 2 fully saturated rings. The minimum absolute atomic E-state index is 0.0296. The molecule has 30 heavy (non-hydrogen) atoms. The van der Waals surface area contributed by atoms with Gasteiger partial charge in [0.1, 0.15) is 5.82 Å². The van der Waals surface area contributed by atoms with E-state index in [1.807, 2.05) is 0 Å². The van der Waals surface area contributed by atoms with Crippen molar-refractivity contribution < 1.29 is 11.5 Å². The van der Waals surface area contributed by atoms with Crippen LogP contribution in [0.25, 0.3) is 10.8 Å². The van der Waals surface area contributed by atoms with Crippen molar-refractivity contribution in [1.29, 1.82) is 0 Å². The molecule has 1 aliphatic carbocycles. The van der Waals surface area contributed by atoms with E-state index in [4.69, 9.17) is 2.74 Å². The molecule has 5 nitrogen and oxygen atoms in total. The van der Waals surface area contributed by atoms with Crippen molar-refractivity contribution in [3.8, 4) is 0 Å². The number of hydroxylamine groups is 2. The number of aromatic amines is 1. The van der Waals surface area contributed by atoms with Gasteiger partial charge in [0, 0.05) is 32.9 Å². The summed E-state index contributed by atoms with van der Waals surface area (Å²) in [6.07, 6.45) is 1.82. The second-order valence-corrected chi connectivity index (χ2v) is 10.8. The molecule has 0 atom stereocenters. The van der Waals surface area contributed by atoms with E-state index < -0.39 is 28.2 Å². The molecule has 0 bridgehead atoms. The van der Waals surface area contributed by atoms with E-state index in [1.54, 1.807) is 0 Å². The Labute approximate surface area is 176 Å². The SMILES string of the molecule is [2H]C([2H])(c1ccc(F)c([N+]2([O-])CCP(C3CC3)CC2)c1)c1n[nH]c(=O)c2cc(F)ccc12. The predicted octanol–water partition coefficient (Wildman–Crippen LogP) is 4.26. The molecule has 0 spiro atoms. The van der Waals surface area contributed by atoms with Gasteiger partial charge in [-0.3, -0.25) is 4.79 Å². The van der Waals surface area contributed by atoms with Crippen molar-refractivity contribution >= 4 is 24.4 Å². The van der Waals surface area contributed by atoms with Gasteiger partial charge in [-0.05, 0) is 48.3 Å². The first-order valence-electron chi connectivity index (χ1n) is 11.0. The van der Waals surface area contributed by atoms with Crippen molar-refractivity contribution in [1.82, 2.24) is 14.8 Å². The molecule has 2 heterocycles. The zero-order valence-electron chi connectivity index (χ0n) is 18.2. The van der Waals surface area contributed by atoms with Crippen LogP contribution in [-0.4, -0.2) is 41.3 Å². The highest BCUT2D eigenvalue weighted by Gasteiger charge is 2.38. The summed E-state index contributed by atoms with van der Waals surface area (Å²) in [4.78, 5) is 12.1. The van der Waals surface area contributed by atoms with Crippen LogP contribution >= 0.6 is 7.92 Å². The minimum Gasteiger partial charge on any atom is -0.627 e. The van der Waals surface area contributed by atoms with Gasteiger partial charge in [0.25, 0.3) is 5.56 Å². The number of rotatable bonds is 4. The first-order valence-corrected chi connectivity index (χ1v) is 11.8. The summed E-state index contributed by atoms with van der Waals surface area (Å²) in [6.45, 7) is 0.593. The summed E-state index contributed by atoms with van der Waals surface area (Å²) < 4.78 is 45.1. The van der Waals surface area contributed by atoms with Crippen LogP contribution in [0.1, 0.15) is 26.8 Å². The number of hydrogen-bond acceptors (Lipinski definition) is 3. The largest absolute Gasteiger partial charge is 0.627 e. The third kappa shape index (κ3) is 3.66. The van der Waals surface area contributed by atoms with Gasteiger partial charge in [0.2, 0.25) is 0 Å². The second kappa shape index (κ2) is 7.49. The topological polar surface area (TPSA) is 68.8 Å². The van der Waals surface area contributed by atoms with E-state index in [-0.39, 0.29) is 35.6 Å². The van der Waals surface area contributed by atoms with E-state index in [1.165, 1.54) is 31.0 Å². The van der Waals surface area contributed by atoms with Gasteiger partial charge in [-0.25, -0.2) is 13.9 Å². The van der Waals surface area contributed by atoms with Crippen molar-refractivity contribution in [2.75, 3.05) is 25.4 Å². The maximum atomic E-state index is 14.8. The Morgan fingerprint density at radius 1 is 1.17 bits per heavy atom. The number of nitrogens with one attached hydrogen (secondary N) is 1. The first kappa shape index (κ1) is 17.5. The molecule has 1 saturated heterocycles. The molecule has 2 aliphatic rings. The molecular formula is C22H22F2N3O2P. The van der Waals surface area contributed by atoms with Crippen LogP contribution in [0.4, 0.5) is 14.5 Å². The van der Waals surface area contributed by atoms with Gasteiger partial charge in [0.05, 0.1) is 24.2 Å². The number of aromatic nitrogens is 2. The van der Waals surface area contributed by atoms with Gasteiger partial charge >= 0.3 is 0 Å². The number of halogens is 2. The summed E-state index contributed by atoms with van der Waals surface area (Å²) in [6, 6.07) is 7.14. The highest BCUT2D eigenvalue weighted by molar-refractivity contribution is 7.58. The second-order valence-electron chi connectivity index (χ2n) is 7.99. The summed E-state index contributed by atoms with van der Waals surface area (Å²) in [5.41, 5.74) is -0.0195. The number of nitrogens with zero attached hydrogens (tertiary/aromatic N) is 2. The van der Waals surface area contributed by atoms with E-state index in [0.717, 1.165) is 36.2 Å². The van der Waals surface area contributed by atoms with Crippen molar-refractivity contribution in [3.63, 3.8) is 0 Å². The zero-order chi connectivity index (χ0) is 22.7. The summed E-state index contributed by atoms with van der Waals surface area (Å²) in [7, 11) is -0.157. The fourth-order valence-corrected chi connectivity index (χ4v) is 7.12. The average Bonchev–Trinajstić information content (AvgIpc) is 3.60. The zero-order valence-corrected chi connectivity index (χ0v) is 17.1. The Morgan fingerprint density at radius 2 is 1.93 bits per heavy atom. The van der Waals surface area contributed by atoms with Gasteiger partial charge in [-0.1, -0.05) is 14.0 Å². The summed E-state index contributed by atoms with van der Waals surface area (Å²) in [5, 5.41) is 19.8. The molecule has 8 heteroatoms. The average molecular weight is 431 g/mol. The van der Waals surface area contributed by atoms with Crippen LogP contribution in [0, 0.1) is 16.8 Å². The highest BCUT2D eigenvalue weighted by atomic mass is 31.1. The molecule has 156 valence electrons. The molecule has 0 unspecified atom stereocenters. The minimum atomic E-state index is -2.25. The van der Waals surface area contributed by atoms with Gasteiger partial charge in [-0.15, -0.1) is 0 Å². The maximum absolute atomic E-state index is 14.8. The Hall–Kier alpha value is -2.21. The third-order valence-electron chi connectivity index (χ3n) is 5.96. The van der Waals surface area contributed by atoms with Crippen molar-refractivity contribution in [3.05, 3.63) is 74.9 Å². The van der Waals surface area contributed by atoms with Crippen LogP contribution in [0.3, 0.4) is 0 Å². The molecule has 1 aliphatic heterocycles. The van der Waals surface area contributed by atoms with E-state index in [9.17, 15) is 18.8 Å². The lowest BCUT2D eigenvalue weighted by Crippen LogP contribution is -2.50. The summed E-state index contributed by atoms with van der Waals surface area (Å²) in [5.74, 6) is -1.28. The highest BCUT2D eigenvalue weighted by Crippen LogP contribution is 2.55. The van der Waals surface area contributed by atoms with E-state index in [2.05, 4.69) is 10.2 Å². The Morgan fingerprint density at radius 3 is 2.67 bits per heavy atom. The summed E-state index contributed by atoms with van der Waals surface area (Å²) >= 11 is 0. The van der Waals surface area contributed by atoms with Crippen molar-refractivity contribution in [2.45, 2.75) is 24.9 Å². The standard InChI is InChI=1S/C22H22F2N3O2P/c23-15-2-5-17-18(13-15)22(28)26-25-20(17)11-14-1-6-19(24)21(12-14)27(29)7-9-30(10-8-27)16-3-4-16/h1-2,5-6,12-13,16H,3-4,7-11H2,(H,26,28)/i11D2. The smallest absolute Gasteiger partial charge is 0.272 e. The van der Waals surface area contributed by atoms with E-state index >= 15 is 0 Å². The Kier molecular flexibility index (Phi) is 4.36. The number of fused-ring (bicyclic) bond motifs is 1. The Bertz CT molecular complexity index is 1260. The lowest BCUT2D eigenvalue weighted by molar-refractivity contribution is 0.387. The quantitative estimate of drug-likeness (QED) is 0.381. The fraction of sp³-hybridized carbons (Fsp3) is 0.364. The Balaban J connectivity index is 1.55. The van der Waals surface area contributed by atoms with Crippen LogP contribution in [-0.2, 0) is 6.37 Å². The van der Waals surface area contributed by atoms with Crippen LogP contribution < -0.4 is 10.2 Å². The van der Waals surface area contributed by atoms with Crippen LogP contribution in [0.2, 0.25) is 0 Å². The first-order chi connectivity index (χ1) is 15.2. The predicted molar refractivity (Wildman–Crippen MR) is 116 cm³/mol. The lowest BCUT2D eigenvalue weighted by atomic mass is 10.0. The maximum Gasteiger partial charge on any atom is 0.272 e. The molecular weight excluding hydrogens is 407 g/mol. The van der Waals surface area contributed by atoms with Gasteiger partial charge in [0.15, 0.2) is 11.5 Å².